The topological polar surface area (TPSA) is 97.4 Å². The molecule has 2 amide bonds. The van der Waals surface area contributed by atoms with E-state index in [4.69, 9.17) is 11.6 Å². The fourth-order valence-corrected chi connectivity index (χ4v) is 3.47. The molecule has 2 aromatic carbocycles. The number of nitrogens with one attached hydrogen (secondary N) is 2. The summed E-state index contributed by atoms with van der Waals surface area (Å²) in [6, 6.07) is 11.5. The SMILES string of the molecule is COC(=O)c1ccc(NC(=O)CCNC(=O)c2ccc3sc(Cl)nc3c2)cc1. The number of halogens is 1. The highest BCUT2D eigenvalue weighted by Gasteiger charge is 2.10. The standard InChI is InChI=1S/C19H16ClN3O4S/c1-27-18(26)11-2-5-13(6-3-11)22-16(24)8-9-21-17(25)12-4-7-15-14(10-12)23-19(20)28-15/h2-7,10H,8-9H2,1H3,(H,21,25)(H,22,24). The maximum Gasteiger partial charge on any atom is 0.337 e. The van der Waals surface area contributed by atoms with E-state index in [-0.39, 0.29) is 24.8 Å². The van der Waals surface area contributed by atoms with E-state index >= 15 is 0 Å². The van der Waals surface area contributed by atoms with E-state index in [2.05, 4.69) is 20.4 Å². The summed E-state index contributed by atoms with van der Waals surface area (Å²) in [5.74, 6) is -0.993. The van der Waals surface area contributed by atoms with Crippen LogP contribution in [0, 0.1) is 0 Å². The van der Waals surface area contributed by atoms with Crippen LogP contribution in [0.1, 0.15) is 27.1 Å². The van der Waals surface area contributed by atoms with E-state index in [0.717, 1.165) is 4.70 Å². The van der Waals surface area contributed by atoms with Gasteiger partial charge in [-0.05, 0) is 42.5 Å². The lowest BCUT2D eigenvalue weighted by Crippen LogP contribution is -2.27. The van der Waals surface area contributed by atoms with Crippen molar-refractivity contribution in [2.45, 2.75) is 6.42 Å². The van der Waals surface area contributed by atoms with Crippen LogP contribution in [-0.4, -0.2) is 36.4 Å². The Bertz CT molecular complexity index is 1030. The van der Waals surface area contributed by atoms with E-state index in [1.54, 1.807) is 42.5 Å². The molecule has 9 heteroatoms. The molecular formula is C19H16ClN3O4S. The number of ether oxygens (including phenoxy) is 1. The second-order valence-electron chi connectivity index (χ2n) is 5.77. The van der Waals surface area contributed by atoms with Crippen LogP contribution in [0.2, 0.25) is 4.47 Å². The minimum atomic E-state index is -0.446. The lowest BCUT2D eigenvalue weighted by molar-refractivity contribution is -0.116. The molecule has 3 rings (SSSR count). The number of carbonyl (C=O) groups excluding carboxylic acids is 3. The number of hydrogen-bond donors (Lipinski definition) is 2. The van der Waals surface area contributed by atoms with Gasteiger partial charge in [0.15, 0.2) is 4.47 Å². The van der Waals surface area contributed by atoms with Crippen LogP contribution in [0.3, 0.4) is 0 Å². The third-order valence-corrected chi connectivity index (χ3v) is 4.99. The highest BCUT2D eigenvalue weighted by Crippen LogP contribution is 2.26. The number of carbonyl (C=O) groups is 3. The van der Waals surface area contributed by atoms with Crippen LogP contribution in [0.5, 0.6) is 0 Å². The molecule has 1 aromatic heterocycles. The summed E-state index contributed by atoms with van der Waals surface area (Å²) >= 11 is 7.21. The van der Waals surface area contributed by atoms with Gasteiger partial charge in [-0.2, -0.15) is 0 Å². The molecule has 0 aliphatic heterocycles. The first kappa shape index (κ1) is 19.8. The van der Waals surface area contributed by atoms with Crippen molar-refractivity contribution in [3.63, 3.8) is 0 Å². The molecule has 0 radical (unpaired) electrons. The maximum absolute atomic E-state index is 12.2. The van der Waals surface area contributed by atoms with Crippen LogP contribution in [0.25, 0.3) is 10.2 Å². The van der Waals surface area contributed by atoms with E-state index in [1.807, 2.05) is 0 Å². The van der Waals surface area contributed by atoms with Crippen molar-refractivity contribution in [1.82, 2.24) is 10.3 Å². The van der Waals surface area contributed by atoms with E-state index in [9.17, 15) is 14.4 Å². The first-order valence-corrected chi connectivity index (χ1v) is 9.48. The van der Waals surface area contributed by atoms with Crippen LogP contribution < -0.4 is 10.6 Å². The van der Waals surface area contributed by atoms with Gasteiger partial charge >= 0.3 is 5.97 Å². The Labute approximate surface area is 169 Å². The van der Waals surface area contributed by atoms with Gasteiger partial charge in [0.1, 0.15) is 0 Å². The Kier molecular flexibility index (Phi) is 6.23. The number of anilines is 1. The number of methoxy groups -OCH3 is 1. The third-order valence-electron chi connectivity index (χ3n) is 3.85. The molecule has 144 valence electrons. The Morgan fingerprint density at radius 2 is 1.82 bits per heavy atom. The smallest absolute Gasteiger partial charge is 0.337 e. The molecule has 0 atom stereocenters. The van der Waals surface area contributed by atoms with Gasteiger partial charge in [-0.1, -0.05) is 11.6 Å². The van der Waals surface area contributed by atoms with Gasteiger partial charge in [0.25, 0.3) is 5.91 Å². The predicted octanol–water partition coefficient (Wildman–Crippen LogP) is 3.49. The quantitative estimate of drug-likeness (QED) is 0.598. The zero-order valence-corrected chi connectivity index (χ0v) is 16.4. The number of esters is 1. The number of fused-ring (bicyclic) bond motifs is 1. The molecule has 1 heterocycles. The Hall–Kier alpha value is -2.97. The maximum atomic E-state index is 12.2. The normalized spacial score (nSPS) is 10.5. The molecule has 0 aliphatic carbocycles. The highest BCUT2D eigenvalue weighted by atomic mass is 35.5. The largest absolute Gasteiger partial charge is 0.465 e. The second-order valence-corrected chi connectivity index (χ2v) is 7.39. The monoisotopic (exact) mass is 417 g/mol. The molecule has 0 spiro atoms. The molecule has 0 saturated heterocycles. The van der Waals surface area contributed by atoms with Crippen molar-refractivity contribution in [1.29, 1.82) is 0 Å². The van der Waals surface area contributed by atoms with Crippen LogP contribution in [0.4, 0.5) is 5.69 Å². The second kappa shape index (κ2) is 8.81. The van der Waals surface area contributed by atoms with Crippen molar-refractivity contribution >= 4 is 56.6 Å². The summed E-state index contributed by atoms with van der Waals surface area (Å²) in [6.07, 6.45) is 0.106. The van der Waals surface area contributed by atoms with E-state index in [0.29, 0.717) is 26.8 Å². The van der Waals surface area contributed by atoms with Gasteiger partial charge < -0.3 is 15.4 Å². The number of amides is 2. The van der Waals surface area contributed by atoms with E-state index in [1.165, 1.54) is 18.4 Å². The van der Waals surface area contributed by atoms with Crippen molar-refractivity contribution in [3.05, 3.63) is 58.1 Å². The average molecular weight is 418 g/mol. The van der Waals surface area contributed by atoms with Crippen molar-refractivity contribution < 1.29 is 19.1 Å². The van der Waals surface area contributed by atoms with Gasteiger partial charge in [-0.15, -0.1) is 11.3 Å². The zero-order valence-electron chi connectivity index (χ0n) is 14.8. The Morgan fingerprint density at radius 1 is 1.11 bits per heavy atom. The van der Waals surface area contributed by atoms with Crippen molar-refractivity contribution in [2.75, 3.05) is 19.0 Å². The summed E-state index contributed by atoms with van der Waals surface area (Å²) < 4.78 is 5.94. The fourth-order valence-electron chi connectivity index (χ4n) is 2.46. The summed E-state index contributed by atoms with van der Waals surface area (Å²) in [4.78, 5) is 39.8. The molecule has 7 nitrogen and oxygen atoms in total. The third kappa shape index (κ3) is 4.85. The van der Waals surface area contributed by atoms with Crippen LogP contribution in [0.15, 0.2) is 42.5 Å². The predicted molar refractivity (Wildman–Crippen MR) is 108 cm³/mol. The van der Waals surface area contributed by atoms with Gasteiger partial charge in [-0.3, -0.25) is 9.59 Å². The molecule has 0 fully saturated rings. The molecule has 2 N–H and O–H groups in total. The van der Waals surface area contributed by atoms with E-state index < -0.39 is 5.97 Å². The molecule has 0 aliphatic rings. The molecule has 28 heavy (non-hydrogen) atoms. The first-order valence-electron chi connectivity index (χ1n) is 8.29. The molecule has 0 bridgehead atoms. The molecule has 0 unspecified atom stereocenters. The Balaban J connectivity index is 1.48. The molecule has 3 aromatic rings. The average Bonchev–Trinajstić information content (AvgIpc) is 3.07. The van der Waals surface area contributed by atoms with Gasteiger partial charge in [0.2, 0.25) is 5.91 Å². The number of aromatic nitrogens is 1. The van der Waals surface area contributed by atoms with Crippen LogP contribution in [-0.2, 0) is 9.53 Å². The highest BCUT2D eigenvalue weighted by molar-refractivity contribution is 7.22. The van der Waals surface area contributed by atoms with Crippen LogP contribution >= 0.6 is 22.9 Å². The lowest BCUT2D eigenvalue weighted by atomic mass is 10.2. The number of benzene rings is 2. The minimum Gasteiger partial charge on any atom is -0.465 e. The minimum absolute atomic E-state index is 0.106. The summed E-state index contributed by atoms with van der Waals surface area (Å²) in [5.41, 5.74) is 2.06. The van der Waals surface area contributed by atoms with Crippen molar-refractivity contribution in [3.8, 4) is 0 Å². The van der Waals surface area contributed by atoms with Gasteiger partial charge in [0, 0.05) is 24.2 Å². The van der Waals surface area contributed by atoms with Crippen molar-refractivity contribution in [2.24, 2.45) is 0 Å². The van der Waals surface area contributed by atoms with Gasteiger partial charge in [-0.25, -0.2) is 9.78 Å². The number of nitrogens with zero attached hydrogens (tertiary/aromatic N) is 1. The lowest BCUT2D eigenvalue weighted by Gasteiger charge is -2.07. The number of rotatable bonds is 6. The summed E-state index contributed by atoms with van der Waals surface area (Å²) in [7, 11) is 1.30. The molecular weight excluding hydrogens is 402 g/mol. The number of thiazole rings is 1. The summed E-state index contributed by atoms with van der Waals surface area (Å²) in [6.45, 7) is 0.181. The zero-order chi connectivity index (χ0) is 20.1. The molecule has 0 saturated carbocycles. The van der Waals surface area contributed by atoms with Gasteiger partial charge in [0.05, 0.1) is 22.9 Å². The fraction of sp³-hybridized carbons (Fsp3) is 0.158. The Morgan fingerprint density at radius 3 is 2.54 bits per heavy atom. The summed E-state index contributed by atoms with van der Waals surface area (Å²) in [5, 5.41) is 5.40. The number of hydrogen-bond acceptors (Lipinski definition) is 6. The first-order chi connectivity index (χ1) is 13.5.